The summed E-state index contributed by atoms with van der Waals surface area (Å²) in [6.07, 6.45) is 9.57. The number of hydrogen-bond donors (Lipinski definition) is 2. The molecule has 1 heterocycles. The second-order valence-electron chi connectivity index (χ2n) is 10.7. The van der Waals surface area contributed by atoms with Crippen molar-refractivity contribution in [3.8, 4) is 0 Å². The van der Waals surface area contributed by atoms with Crippen molar-refractivity contribution in [1.29, 1.82) is 0 Å². The van der Waals surface area contributed by atoms with Gasteiger partial charge >= 0.3 is 6.03 Å². The fourth-order valence-corrected chi connectivity index (χ4v) is 7.28. The molecule has 3 amide bonds. The molecule has 1 saturated heterocycles. The molecule has 0 aromatic carbocycles. The first-order chi connectivity index (χ1) is 14.4. The van der Waals surface area contributed by atoms with Crippen LogP contribution in [0.4, 0.5) is 4.79 Å². The van der Waals surface area contributed by atoms with E-state index in [4.69, 9.17) is 0 Å². The summed E-state index contributed by atoms with van der Waals surface area (Å²) in [6, 6.07) is -0.591. The Hall–Kier alpha value is -0.950. The minimum absolute atomic E-state index is 0.0309. The third-order valence-electron chi connectivity index (χ3n) is 8.26. The number of likely N-dealkylation sites (N-methyl/N-ethyl adjacent to an activating group) is 1. The summed E-state index contributed by atoms with van der Waals surface area (Å²) in [5.41, 5.74) is 0.463. The van der Waals surface area contributed by atoms with E-state index in [0.29, 0.717) is 17.7 Å². The van der Waals surface area contributed by atoms with Crippen molar-refractivity contribution < 1.29 is 9.59 Å². The van der Waals surface area contributed by atoms with Gasteiger partial charge in [0.1, 0.15) is 6.04 Å². The first kappa shape index (κ1) is 22.3. The van der Waals surface area contributed by atoms with Gasteiger partial charge in [0.05, 0.1) is 0 Å². The number of rotatable bonds is 7. The molecule has 5 rings (SSSR count). The number of thiol groups is 1. The Morgan fingerprint density at radius 1 is 1.03 bits per heavy atom. The number of nitrogens with one attached hydrogen (secondary N) is 1. The highest BCUT2D eigenvalue weighted by Crippen LogP contribution is 2.61. The van der Waals surface area contributed by atoms with E-state index in [1.807, 2.05) is 16.7 Å². The number of nitrogens with zero attached hydrogens (tertiary/aromatic N) is 3. The largest absolute Gasteiger partial charge is 0.338 e. The quantitative estimate of drug-likeness (QED) is 0.604. The molecule has 6 nitrogen and oxygen atoms in total. The molecule has 4 aliphatic carbocycles. The van der Waals surface area contributed by atoms with Gasteiger partial charge in [-0.25, -0.2) is 4.79 Å². The highest BCUT2D eigenvalue weighted by Gasteiger charge is 2.50. The van der Waals surface area contributed by atoms with Crippen LogP contribution < -0.4 is 5.32 Å². The maximum atomic E-state index is 13.0. The van der Waals surface area contributed by atoms with Crippen molar-refractivity contribution >= 4 is 24.6 Å². The molecule has 1 atom stereocenters. The van der Waals surface area contributed by atoms with Crippen LogP contribution in [-0.4, -0.2) is 84.7 Å². The van der Waals surface area contributed by atoms with Crippen LogP contribution in [-0.2, 0) is 4.79 Å². The van der Waals surface area contributed by atoms with Crippen LogP contribution in [0.1, 0.15) is 51.9 Å². The molecular weight excluding hydrogens is 396 g/mol. The van der Waals surface area contributed by atoms with E-state index in [0.717, 1.165) is 56.9 Å². The van der Waals surface area contributed by atoms with Gasteiger partial charge in [0.15, 0.2) is 0 Å². The Bertz CT molecular complexity index is 599. The smallest absolute Gasteiger partial charge is 0.318 e. The first-order valence-electron chi connectivity index (χ1n) is 12.0. The number of urea groups is 1. The molecule has 1 N–H and O–H groups in total. The lowest BCUT2D eigenvalue weighted by Gasteiger charge is -2.57. The van der Waals surface area contributed by atoms with Crippen molar-refractivity contribution in [2.24, 2.45) is 23.2 Å². The lowest BCUT2D eigenvalue weighted by molar-refractivity contribution is -0.134. The Kier molecular flexibility index (Phi) is 6.88. The predicted octanol–water partition coefficient (Wildman–Crippen LogP) is 2.70. The molecule has 1 aliphatic heterocycles. The van der Waals surface area contributed by atoms with Crippen LogP contribution in [0, 0.1) is 23.2 Å². The predicted molar refractivity (Wildman–Crippen MR) is 123 cm³/mol. The molecular formula is C23H40N4O2S. The summed E-state index contributed by atoms with van der Waals surface area (Å²) >= 11 is 4.39. The molecule has 4 saturated carbocycles. The third-order valence-corrected chi connectivity index (χ3v) is 8.46. The highest BCUT2D eigenvalue weighted by atomic mass is 32.1. The second-order valence-corrected chi connectivity index (χ2v) is 11.1. The zero-order valence-corrected chi connectivity index (χ0v) is 19.7. The molecule has 7 heteroatoms. The molecule has 0 radical (unpaired) electrons. The van der Waals surface area contributed by atoms with Gasteiger partial charge in [-0.2, -0.15) is 12.6 Å². The fraction of sp³-hybridized carbons (Fsp3) is 0.913. The van der Waals surface area contributed by atoms with E-state index in [1.165, 1.54) is 38.5 Å². The molecule has 5 aliphatic rings. The lowest BCUT2D eigenvalue weighted by atomic mass is 9.49. The Morgan fingerprint density at radius 2 is 1.60 bits per heavy atom. The highest BCUT2D eigenvalue weighted by molar-refractivity contribution is 7.80. The van der Waals surface area contributed by atoms with Gasteiger partial charge < -0.3 is 20.0 Å². The normalized spacial score (nSPS) is 34.1. The molecule has 0 unspecified atom stereocenters. The van der Waals surface area contributed by atoms with Gasteiger partial charge in [0.2, 0.25) is 5.91 Å². The van der Waals surface area contributed by atoms with Crippen molar-refractivity contribution in [1.82, 2.24) is 20.0 Å². The topological polar surface area (TPSA) is 55.9 Å². The van der Waals surface area contributed by atoms with E-state index in [-0.39, 0.29) is 11.9 Å². The van der Waals surface area contributed by atoms with Gasteiger partial charge in [-0.05, 0) is 82.1 Å². The van der Waals surface area contributed by atoms with E-state index < -0.39 is 6.04 Å². The number of piperazine rings is 1. The molecule has 30 heavy (non-hydrogen) atoms. The standard InChI is InChI=1S/C23H40N4O2S/c1-17(21(28)26-7-5-25(2)6-8-26)24-22(29)27(9-10-30)4-3-23-14-18-11-19(15-23)13-20(12-18)16-23/h17-20,30H,3-16H2,1-2H3,(H,24,29)/t17-,18?,19?,20?,23?/m0/s1. The van der Waals surface area contributed by atoms with Crippen molar-refractivity contribution in [3.63, 3.8) is 0 Å². The first-order valence-corrected chi connectivity index (χ1v) is 12.6. The lowest BCUT2D eigenvalue weighted by Crippen LogP contribution is -2.55. The Balaban J connectivity index is 1.30. The molecule has 170 valence electrons. The van der Waals surface area contributed by atoms with Crippen LogP contribution >= 0.6 is 12.6 Å². The summed E-state index contributed by atoms with van der Waals surface area (Å²) in [7, 11) is 2.08. The molecule has 0 aromatic heterocycles. The van der Waals surface area contributed by atoms with Gasteiger partial charge in [0.25, 0.3) is 0 Å². The van der Waals surface area contributed by atoms with Gasteiger partial charge in [-0.3, -0.25) is 4.79 Å². The second kappa shape index (κ2) is 9.27. The summed E-state index contributed by atoms with van der Waals surface area (Å²) in [4.78, 5) is 31.8. The molecule has 0 spiro atoms. The van der Waals surface area contributed by atoms with Gasteiger partial charge in [-0.15, -0.1) is 0 Å². The summed E-state index contributed by atoms with van der Waals surface area (Å²) in [6.45, 7) is 6.50. The maximum Gasteiger partial charge on any atom is 0.318 e. The van der Waals surface area contributed by atoms with E-state index in [1.54, 1.807) is 0 Å². The number of carbonyl (C=O) groups is 2. The van der Waals surface area contributed by atoms with E-state index in [9.17, 15) is 9.59 Å². The van der Waals surface area contributed by atoms with Crippen molar-refractivity contribution in [3.05, 3.63) is 0 Å². The summed E-state index contributed by atoms with van der Waals surface area (Å²) < 4.78 is 0. The average molecular weight is 437 g/mol. The minimum Gasteiger partial charge on any atom is -0.338 e. The van der Waals surface area contributed by atoms with Crippen LogP contribution in [0.5, 0.6) is 0 Å². The Labute approximate surface area is 187 Å². The minimum atomic E-state index is -0.483. The zero-order valence-electron chi connectivity index (χ0n) is 18.8. The molecule has 5 fully saturated rings. The monoisotopic (exact) mass is 436 g/mol. The fourth-order valence-electron chi connectivity index (χ4n) is 7.04. The van der Waals surface area contributed by atoms with Crippen LogP contribution in [0.25, 0.3) is 0 Å². The van der Waals surface area contributed by atoms with Crippen molar-refractivity contribution in [2.45, 2.75) is 57.9 Å². The molecule has 0 aromatic rings. The zero-order chi connectivity index (χ0) is 21.3. The summed E-state index contributed by atoms with van der Waals surface area (Å²) in [5.74, 6) is 3.48. The number of amides is 3. The van der Waals surface area contributed by atoms with Crippen LogP contribution in [0.3, 0.4) is 0 Å². The van der Waals surface area contributed by atoms with Gasteiger partial charge in [-0.1, -0.05) is 0 Å². The Morgan fingerprint density at radius 3 is 2.13 bits per heavy atom. The summed E-state index contributed by atoms with van der Waals surface area (Å²) in [5, 5.41) is 2.98. The van der Waals surface area contributed by atoms with E-state index in [2.05, 4.69) is 29.9 Å². The van der Waals surface area contributed by atoms with Crippen LogP contribution in [0.2, 0.25) is 0 Å². The molecule has 4 bridgehead atoms. The third kappa shape index (κ3) is 4.93. The maximum absolute atomic E-state index is 13.0. The average Bonchev–Trinajstić information content (AvgIpc) is 2.70. The van der Waals surface area contributed by atoms with Gasteiger partial charge in [0, 0.05) is 45.0 Å². The van der Waals surface area contributed by atoms with Crippen LogP contribution in [0.15, 0.2) is 0 Å². The number of carbonyl (C=O) groups excluding carboxylic acids is 2. The van der Waals surface area contributed by atoms with Crippen molar-refractivity contribution in [2.75, 3.05) is 52.1 Å². The number of hydrogen-bond acceptors (Lipinski definition) is 4. The SMILES string of the molecule is C[C@H](NC(=O)N(CCS)CCC12CC3CC(CC(C3)C1)C2)C(=O)N1CCN(C)CC1. The van der Waals surface area contributed by atoms with E-state index >= 15 is 0 Å².